The van der Waals surface area contributed by atoms with E-state index >= 15 is 0 Å². The second-order valence-corrected chi connectivity index (χ2v) is 7.18. The lowest BCUT2D eigenvalue weighted by Crippen LogP contribution is -2.53. The molecule has 1 heterocycles. The van der Waals surface area contributed by atoms with Crippen LogP contribution in [0.4, 0.5) is 10.5 Å². The van der Waals surface area contributed by atoms with E-state index in [0.717, 1.165) is 0 Å². The summed E-state index contributed by atoms with van der Waals surface area (Å²) in [7, 11) is 1.56. The molecule has 1 fully saturated rings. The summed E-state index contributed by atoms with van der Waals surface area (Å²) in [4.78, 5) is 26.0. The lowest BCUT2D eigenvalue weighted by molar-refractivity contribution is -0.138. The van der Waals surface area contributed by atoms with Crippen molar-refractivity contribution in [2.75, 3.05) is 25.5 Å². The topological polar surface area (TPSA) is 88.1 Å². The number of hydrogen-bond donors (Lipinski definition) is 2. The molecule has 0 spiro atoms. The summed E-state index contributed by atoms with van der Waals surface area (Å²) >= 11 is 0. The predicted molar refractivity (Wildman–Crippen MR) is 93.6 cm³/mol. The lowest BCUT2D eigenvalue weighted by atomic mass is 9.90. The largest absolute Gasteiger partial charge is 0.497 e. The molecule has 1 aromatic carbocycles. The van der Waals surface area contributed by atoms with Gasteiger partial charge in [-0.1, -0.05) is 0 Å². The van der Waals surface area contributed by atoms with E-state index in [9.17, 15) is 14.7 Å². The molecule has 2 amide bonds. The van der Waals surface area contributed by atoms with E-state index in [1.807, 2.05) is 0 Å². The van der Waals surface area contributed by atoms with Crippen molar-refractivity contribution in [1.29, 1.82) is 0 Å². The van der Waals surface area contributed by atoms with Crippen LogP contribution in [0.2, 0.25) is 0 Å². The summed E-state index contributed by atoms with van der Waals surface area (Å²) in [6.07, 6.45) is -0.104. The molecule has 1 saturated heterocycles. The second kappa shape index (κ2) is 7.31. The van der Waals surface area contributed by atoms with Gasteiger partial charge >= 0.3 is 6.09 Å². The number of aliphatic hydroxyl groups is 1. The first kappa shape index (κ1) is 19.1. The van der Waals surface area contributed by atoms with Gasteiger partial charge < -0.3 is 24.8 Å². The summed E-state index contributed by atoms with van der Waals surface area (Å²) in [6, 6.07) is 6.86. The SMILES string of the molecule is COc1ccc(NC(=O)C2(O)CCN(C(=O)OC(C)(C)C)CC2)cc1. The molecule has 7 nitrogen and oxygen atoms in total. The highest BCUT2D eigenvalue weighted by Gasteiger charge is 2.41. The third-order valence-corrected chi connectivity index (χ3v) is 4.01. The van der Waals surface area contributed by atoms with Crippen molar-refractivity contribution in [1.82, 2.24) is 4.90 Å². The van der Waals surface area contributed by atoms with Crippen LogP contribution >= 0.6 is 0 Å². The molecule has 0 aliphatic carbocycles. The van der Waals surface area contributed by atoms with Crippen molar-refractivity contribution in [3.8, 4) is 5.75 Å². The number of carbonyl (C=O) groups is 2. The number of likely N-dealkylation sites (tertiary alicyclic amines) is 1. The smallest absolute Gasteiger partial charge is 0.410 e. The number of piperidine rings is 1. The number of ether oxygens (including phenoxy) is 2. The first-order valence-electron chi connectivity index (χ1n) is 8.29. The molecular formula is C18H26N2O5. The van der Waals surface area contributed by atoms with E-state index in [1.165, 1.54) is 4.90 Å². The predicted octanol–water partition coefficient (Wildman–Crippen LogP) is 2.40. The summed E-state index contributed by atoms with van der Waals surface area (Å²) in [5.41, 5.74) is -1.50. The minimum Gasteiger partial charge on any atom is -0.497 e. The maximum Gasteiger partial charge on any atom is 0.410 e. The van der Waals surface area contributed by atoms with Gasteiger partial charge in [-0.05, 0) is 45.0 Å². The number of rotatable bonds is 3. The van der Waals surface area contributed by atoms with E-state index in [0.29, 0.717) is 11.4 Å². The molecule has 25 heavy (non-hydrogen) atoms. The number of benzene rings is 1. The molecule has 1 aromatic rings. The van der Waals surface area contributed by atoms with Crippen LogP contribution in [-0.4, -0.2) is 53.4 Å². The average molecular weight is 350 g/mol. The summed E-state index contributed by atoms with van der Waals surface area (Å²) in [5, 5.41) is 13.3. The number of nitrogens with one attached hydrogen (secondary N) is 1. The van der Waals surface area contributed by atoms with Crippen LogP contribution in [0.5, 0.6) is 5.75 Å². The normalized spacial score (nSPS) is 16.9. The van der Waals surface area contributed by atoms with Crippen LogP contribution < -0.4 is 10.1 Å². The Morgan fingerprint density at radius 1 is 1.16 bits per heavy atom. The first-order valence-corrected chi connectivity index (χ1v) is 8.29. The highest BCUT2D eigenvalue weighted by molar-refractivity contribution is 5.97. The van der Waals surface area contributed by atoms with Crippen molar-refractivity contribution in [3.05, 3.63) is 24.3 Å². The summed E-state index contributed by atoms with van der Waals surface area (Å²) in [5.74, 6) is 0.212. The molecule has 7 heteroatoms. The molecule has 2 N–H and O–H groups in total. The molecule has 138 valence electrons. The molecule has 0 unspecified atom stereocenters. The van der Waals surface area contributed by atoms with Crippen molar-refractivity contribution in [2.24, 2.45) is 0 Å². The second-order valence-electron chi connectivity index (χ2n) is 7.18. The van der Waals surface area contributed by atoms with Gasteiger partial charge in [-0.2, -0.15) is 0 Å². The fourth-order valence-electron chi connectivity index (χ4n) is 2.53. The van der Waals surface area contributed by atoms with Gasteiger partial charge in [-0.3, -0.25) is 4.79 Å². The van der Waals surface area contributed by atoms with Gasteiger partial charge in [-0.25, -0.2) is 4.79 Å². The zero-order valence-electron chi connectivity index (χ0n) is 15.2. The van der Waals surface area contributed by atoms with Gasteiger partial charge in [0.2, 0.25) is 0 Å². The number of nitrogens with zero attached hydrogens (tertiary/aromatic N) is 1. The van der Waals surface area contributed by atoms with Crippen molar-refractivity contribution in [2.45, 2.75) is 44.8 Å². The molecule has 0 aromatic heterocycles. The summed E-state index contributed by atoms with van der Waals surface area (Å²) in [6.45, 7) is 5.93. The Kier molecular flexibility index (Phi) is 5.57. The van der Waals surface area contributed by atoms with Crippen LogP contribution in [0.25, 0.3) is 0 Å². The minimum absolute atomic E-state index is 0.161. The van der Waals surface area contributed by atoms with E-state index in [1.54, 1.807) is 52.1 Å². The number of hydrogen-bond acceptors (Lipinski definition) is 5. The Balaban J connectivity index is 1.92. The zero-order chi connectivity index (χ0) is 18.7. The third kappa shape index (κ3) is 5.09. The first-order chi connectivity index (χ1) is 11.6. The minimum atomic E-state index is -1.50. The lowest BCUT2D eigenvalue weighted by Gasteiger charge is -2.37. The molecule has 1 aliphatic heterocycles. The Hall–Kier alpha value is -2.28. The fourth-order valence-corrected chi connectivity index (χ4v) is 2.53. The Morgan fingerprint density at radius 3 is 2.20 bits per heavy atom. The molecule has 0 bridgehead atoms. The van der Waals surface area contributed by atoms with Crippen LogP contribution in [0.3, 0.4) is 0 Å². The molecule has 2 rings (SSSR count). The molecule has 1 aliphatic rings. The maximum atomic E-state index is 12.4. The number of amides is 2. The number of methoxy groups -OCH3 is 1. The highest BCUT2D eigenvalue weighted by Crippen LogP contribution is 2.26. The molecule has 0 atom stereocenters. The average Bonchev–Trinajstić information content (AvgIpc) is 2.54. The van der Waals surface area contributed by atoms with Crippen LogP contribution in [0.15, 0.2) is 24.3 Å². The highest BCUT2D eigenvalue weighted by atomic mass is 16.6. The van der Waals surface area contributed by atoms with Crippen LogP contribution in [0, 0.1) is 0 Å². The molecule has 0 saturated carbocycles. The van der Waals surface area contributed by atoms with Gasteiger partial charge in [0.15, 0.2) is 0 Å². The molecular weight excluding hydrogens is 324 g/mol. The van der Waals surface area contributed by atoms with Crippen molar-refractivity contribution < 1.29 is 24.2 Å². The van der Waals surface area contributed by atoms with Gasteiger partial charge in [-0.15, -0.1) is 0 Å². The van der Waals surface area contributed by atoms with E-state index < -0.39 is 23.2 Å². The Bertz CT molecular complexity index is 613. The van der Waals surface area contributed by atoms with Gasteiger partial charge in [0.1, 0.15) is 17.0 Å². The van der Waals surface area contributed by atoms with E-state index in [-0.39, 0.29) is 25.9 Å². The van der Waals surface area contributed by atoms with Crippen LogP contribution in [-0.2, 0) is 9.53 Å². The third-order valence-electron chi connectivity index (χ3n) is 4.01. The standard InChI is InChI=1S/C18H26N2O5/c1-17(2,3)25-16(22)20-11-9-18(23,10-12-20)15(21)19-13-5-7-14(24-4)8-6-13/h5-8,23H,9-12H2,1-4H3,(H,19,21). The fraction of sp³-hybridized carbons (Fsp3) is 0.556. The maximum absolute atomic E-state index is 12.4. The van der Waals surface area contributed by atoms with Gasteiger partial charge in [0, 0.05) is 31.6 Å². The monoisotopic (exact) mass is 350 g/mol. The zero-order valence-corrected chi connectivity index (χ0v) is 15.2. The Labute approximate surface area is 147 Å². The van der Waals surface area contributed by atoms with Gasteiger partial charge in [0.05, 0.1) is 7.11 Å². The van der Waals surface area contributed by atoms with Crippen molar-refractivity contribution in [3.63, 3.8) is 0 Å². The van der Waals surface area contributed by atoms with Crippen LogP contribution in [0.1, 0.15) is 33.6 Å². The van der Waals surface area contributed by atoms with Crippen molar-refractivity contribution >= 4 is 17.7 Å². The van der Waals surface area contributed by atoms with E-state index in [2.05, 4.69) is 5.32 Å². The summed E-state index contributed by atoms with van der Waals surface area (Å²) < 4.78 is 10.4. The quantitative estimate of drug-likeness (QED) is 0.874. The number of anilines is 1. The Morgan fingerprint density at radius 2 is 1.72 bits per heavy atom. The van der Waals surface area contributed by atoms with Gasteiger partial charge in [0.25, 0.3) is 5.91 Å². The van der Waals surface area contributed by atoms with E-state index in [4.69, 9.17) is 9.47 Å². The number of carbonyl (C=O) groups excluding carboxylic acids is 2. The molecule has 0 radical (unpaired) electrons.